The molecule has 3 aromatic rings. The molecule has 0 amide bonds. The summed E-state index contributed by atoms with van der Waals surface area (Å²) in [6.45, 7) is 4.85. The van der Waals surface area contributed by atoms with E-state index in [-0.39, 0.29) is 5.75 Å². The summed E-state index contributed by atoms with van der Waals surface area (Å²) in [4.78, 5) is 0. The zero-order chi connectivity index (χ0) is 24.9. The molecule has 0 aliphatic heterocycles. The molecule has 0 heterocycles. The van der Waals surface area contributed by atoms with Crippen molar-refractivity contribution in [1.29, 1.82) is 0 Å². The van der Waals surface area contributed by atoms with Gasteiger partial charge >= 0.3 is 0 Å². The molecule has 3 rings (SSSR count). The quantitative estimate of drug-likeness (QED) is 0.179. The highest BCUT2D eigenvalue weighted by Gasteiger charge is 2.13. The molecule has 0 saturated heterocycles. The van der Waals surface area contributed by atoms with E-state index in [2.05, 4.69) is 18.7 Å². The van der Waals surface area contributed by atoms with Crippen molar-refractivity contribution in [3.8, 4) is 22.6 Å². The Bertz CT molecular complexity index is 1160. The van der Waals surface area contributed by atoms with Crippen LogP contribution in [-0.4, -0.2) is 25.3 Å². The lowest BCUT2D eigenvalue weighted by atomic mass is 10.0. The molecule has 0 atom stereocenters. The third kappa shape index (κ3) is 9.23. The van der Waals surface area contributed by atoms with Gasteiger partial charge in [-0.3, -0.25) is 4.55 Å². The molecular formula is C29H34O5S. The molecule has 186 valence electrons. The average molecular weight is 495 g/mol. The molecule has 6 heteroatoms. The zero-order valence-electron chi connectivity index (χ0n) is 20.1. The summed E-state index contributed by atoms with van der Waals surface area (Å²) in [5, 5.41) is 0. The summed E-state index contributed by atoms with van der Waals surface area (Å²) in [6.07, 6.45) is 6.99. The fraction of sp³-hybridized carbons (Fsp3) is 0.310. The minimum Gasteiger partial charge on any atom is -0.493 e. The van der Waals surface area contributed by atoms with Crippen molar-refractivity contribution >= 4 is 16.2 Å². The van der Waals surface area contributed by atoms with E-state index in [1.165, 1.54) is 0 Å². The van der Waals surface area contributed by atoms with E-state index in [0.717, 1.165) is 65.9 Å². The lowest BCUT2D eigenvalue weighted by Gasteiger charge is -2.17. The average Bonchev–Trinajstić information content (AvgIpc) is 2.86. The first kappa shape index (κ1) is 26.5. The predicted octanol–water partition coefficient (Wildman–Crippen LogP) is 7.18. The lowest BCUT2D eigenvalue weighted by Crippen LogP contribution is -2.03. The van der Waals surface area contributed by atoms with Gasteiger partial charge < -0.3 is 9.47 Å². The fourth-order valence-corrected chi connectivity index (χ4v) is 4.40. The molecule has 0 unspecified atom stereocenters. The topological polar surface area (TPSA) is 72.8 Å². The highest BCUT2D eigenvalue weighted by atomic mass is 32.2. The van der Waals surface area contributed by atoms with Crippen molar-refractivity contribution in [3.63, 3.8) is 0 Å². The number of unbranched alkanes of at least 4 members (excludes halogenated alkanes) is 5. The van der Waals surface area contributed by atoms with Gasteiger partial charge in [-0.1, -0.05) is 99.0 Å². The third-order valence-corrected chi connectivity index (χ3v) is 6.52. The summed E-state index contributed by atoms with van der Waals surface area (Å²) in [6, 6.07) is 24.2. The molecule has 0 spiro atoms. The van der Waals surface area contributed by atoms with Gasteiger partial charge in [-0.25, -0.2) is 0 Å². The second-order valence-corrected chi connectivity index (χ2v) is 10.1. The lowest BCUT2D eigenvalue weighted by molar-refractivity contribution is 0.292. The highest BCUT2D eigenvalue weighted by molar-refractivity contribution is 7.85. The molecule has 0 aliphatic carbocycles. The SMILES string of the molecule is C=Cc1ccc(COc2cccc(OCCCCCCCCS(=O)(=O)O)c2-c2ccccc2)cc1. The second-order valence-electron chi connectivity index (χ2n) is 8.49. The molecule has 0 aliphatic rings. The summed E-state index contributed by atoms with van der Waals surface area (Å²) in [5.74, 6) is 1.42. The van der Waals surface area contributed by atoms with Crippen molar-refractivity contribution in [2.45, 2.75) is 45.1 Å². The minimum atomic E-state index is -3.84. The third-order valence-electron chi connectivity index (χ3n) is 5.71. The summed E-state index contributed by atoms with van der Waals surface area (Å²) in [5.41, 5.74) is 4.14. The Kier molecular flexibility index (Phi) is 10.4. The van der Waals surface area contributed by atoms with Crippen LogP contribution in [0.2, 0.25) is 0 Å². The van der Waals surface area contributed by atoms with Crippen LogP contribution >= 0.6 is 0 Å². The van der Waals surface area contributed by atoms with E-state index >= 15 is 0 Å². The minimum absolute atomic E-state index is 0.156. The van der Waals surface area contributed by atoms with E-state index in [1.54, 1.807) is 0 Å². The van der Waals surface area contributed by atoms with Crippen LogP contribution < -0.4 is 9.47 Å². The van der Waals surface area contributed by atoms with Gasteiger partial charge in [0.25, 0.3) is 10.1 Å². The van der Waals surface area contributed by atoms with Gasteiger partial charge in [0, 0.05) is 0 Å². The maximum absolute atomic E-state index is 10.8. The molecular weight excluding hydrogens is 460 g/mol. The first-order chi connectivity index (χ1) is 17.0. The van der Waals surface area contributed by atoms with Crippen molar-refractivity contribution in [2.75, 3.05) is 12.4 Å². The van der Waals surface area contributed by atoms with Crippen LogP contribution in [0.15, 0.2) is 79.4 Å². The summed E-state index contributed by atoms with van der Waals surface area (Å²) >= 11 is 0. The van der Waals surface area contributed by atoms with E-state index in [4.69, 9.17) is 14.0 Å². The molecule has 0 fully saturated rings. The monoisotopic (exact) mass is 494 g/mol. The Labute approximate surface area is 209 Å². The number of benzene rings is 3. The van der Waals surface area contributed by atoms with Crippen molar-refractivity contribution in [2.24, 2.45) is 0 Å². The van der Waals surface area contributed by atoms with Crippen LogP contribution in [0.5, 0.6) is 11.5 Å². The number of ether oxygens (including phenoxy) is 2. The fourth-order valence-electron chi connectivity index (χ4n) is 3.83. The van der Waals surface area contributed by atoms with Crippen LogP contribution in [0.25, 0.3) is 17.2 Å². The van der Waals surface area contributed by atoms with E-state index < -0.39 is 10.1 Å². The Hall–Kier alpha value is -3.09. The Morgan fingerprint density at radius 3 is 2.03 bits per heavy atom. The molecule has 5 nitrogen and oxygen atoms in total. The first-order valence-corrected chi connectivity index (χ1v) is 13.7. The smallest absolute Gasteiger partial charge is 0.264 e. The second kappa shape index (κ2) is 13.7. The van der Waals surface area contributed by atoms with Gasteiger partial charge in [0.15, 0.2) is 0 Å². The Morgan fingerprint density at radius 1 is 0.743 bits per heavy atom. The first-order valence-electron chi connectivity index (χ1n) is 12.1. The van der Waals surface area contributed by atoms with Gasteiger partial charge in [-0.2, -0.15) is 8.42 Å². The van der Waals surface area contributed by atoms with Crippen LogP contribution in [-0.2, 0) is 16.7 Å². The molecule has 0 bridgehead atoms. The van der Waals surface area contributed by atoms with Crippen molar-refractivity contribution in [1.82, 2.24) is 0 Å². The number of hydrogen-bond acceptors (Lipinski definition) is 4. The molecule has 1 N–H and O–H groups in total. The summed E-state index contributed by atoms with van der Waals surface area (Å²) < 4.78 is 42.7. The van der Waals surface area contributed by atoms with Crippen molar-refractivity contribution < 1.29 is 22.4 Å². The normalized spacial score (nSPS) is 11.2. The number of rotatable bonds is 15. The van der Waals surface area contributed by atoms with Crippen LogP contribution in [0, 0.1) is 0 Å². The van der Waals surface area contributed by atoms with Gasteiger partial charge in [0.1, 0.15) is 18.1 Å². The van der Waals surface area contributed by atoms with Gasteiger partial charge in [-0.15, -0.1) is 0 Å². The highest BCUT2D eigenvalue weighted by Crippen LogP contribution is 2.39. The largest absolute Gasteiger partial charge is 0.493 e. The Balaban J connectivity index is 1.57. The van der Waals surface area contributed by atoms with E-state index in [9.17, 15) is 8.42 Å². The van der Waals surface area contributed by atoms with E-state index in [1.807, 2.05) is 66.7 Å². The van der Waals surface area contributed by atoms with E-state index in [0.29, 0.717) is 19.6 Å². The zero-order valence-corrected chi connectivity index (χ0v) is 20.9. The maximum Gasteiger partial charge on any atom is 0.264 e. The Morgan fingerprint density at radius 2 is 1.37 bits per heavy atom. The van der Waals surface area contributed by atoms with Gasteiger partial charge in [-0.05, 0) is 41.7 Å². The summed E-state index contributed by atoms with van der Waals surface area (Å²) in [7, 11) is -3.84. The van der Waals surface area contributed by atoms with Crippen LogP contribution in [0.3, 0.4) is 0 Å². The molecule has 3 aromatic carbocycles. The van der Waals surface area contributed by atoms with Gasteiger partial charge in [0.05, 0.1) is 17.9 Å². The maximum atomic E-state index is 10.8. The predicted molar refractivity (Wildman–Crippen MR) is 142 cm³/mol. The molecule has 0 radical (unpaired) electrons. The van der Waals surface area contributed by atoms with Gasteiger partial charge in [0.2, 0.25) is 0 Å². The molecule has 0 saturated carbocycles. The molecule has 0 aromatic heterocycles. The molecule has 35 heavy (non-hydrogen) atoms. The van der Waals surface area contributed by atoms with Crippen LogP contribution in [0.4, 0.5) is 0 Å². The number of hydrogen-bond donors (Lipinski definition) is 1. The van der Waals surface area contributed by atoms with Crippen LogP contribution in [0.1, 0.15) is 49.7 Å². The standard InChI is InChI=1S/C29H34O5S/c1-2-24-17-19-25(20-18-24)23-34-28-16-12-15-27(29(28)26-13-8-7-9-14-26)33-21-10-5-3-4-6-11-22-35(30,31)32/h2,7-9,12-20H,1,3-6,10-11,21-23H2,(H,30,31,32). The van der Waals surface area contributed by atoms with Crippen molar-refractivity contribution in [3.05, 3.63) is 90.5 Å².